The van der Waals surface area contributed by atoms with Crippen molar-refractivity contribution in [2.75, 3.05) is 123 Å². The minimum Gasteiger partial charge on any atom is -0.389 e. The van der Waals surface area contributed by atoms with Crippen LogP contribution in [-0.4, -0.2) is 196 Å². The number of aliphatic hydroxyl groups is 1. The van der Waals surface area contributed by atoms with Gasteiger partial charge in [-0.2, -0.15) is 89.7 Å². The Labute approximate surface area is 880 Å². The average Bonchev–Trinajstić information content (AvgIpc) is 0.828. The van der Waals surface area contributed by atoms with Gasteiger partial charge in [-0.3, -0.25) is 19.9 Å². The van der Waals surface area contributed by atoms with Crippen LogP contribution in [0.3, 0.4) is 0 Å². The van der Waals surface area contributed by atoms with Gasteiger partial charge in [0.1, 0.15) is 10.3 Å². The number of pyridine rings is 6. The van der Waals surface area contributed by atoms with Crippen molar-refractivity contribution in [1.82, 2.24) is 120 Å². The molecule has 13 heterocycles. The van der Waals surface area contributed by atoms with Crippen molar-refractivity contribution >= 4 is 129 Å². The minimum absolute atomic E-state index is 0.145. The lowest BCUT2D eigenvalue weighted by Gasteiger charge is -2.26. The van der Waals surface area contributed by atoms with Crippen LogP contribution in [0.1, 0.15) is 87.5 Å². The molecular formula is C109H118Cl2N36O3. The number of nitrogens with one attached hydrogen (secondary N) is 12. The van der Waals surface area contributed by atoms with E-state index in [2.05, 4.69) is 218 Å². The van der Waals surface area contributed by atoms with Gasteiger partial charge in [0.05, 0.1) is 18.3 Å². The molecule has 12 aromatic heterocycles. The Hall–Kier alpha value is -17.7. The second kappa shape index (κ2) is 57.3. The van der Waals surface area contributed by atoms with E-state index < -0.39 is 5.60 Å². The van der Waals surface area contributed by atoms with Crippen LogP contribution < -0.4 is 63.8 Å². The van der Waals surface area contributed by atoms with E-state index in [4.69, 9.17) is 32.7 Å². The topological polar surface area (TPSA) is 492 Å². The van der Waals surface area contributed by atoms with Crippen LogP contribution in [0.5, 0.6) is 0 Å². The normalized spacial score (nSPS) is 11.6. The molecule has 0 radical (unpaired) electrons. The molecule has 1 aliphatic rings. The van der Waals surface area contributed by atoms with Crippen LogP contribution >= 0.6 is 23.2 Å². The van der Waals surface area contributed by atoms with Crippen LogP contribution in [-0.2, 0) is 9.47 Å². The summed E-state index contributed by atoms with van der Waals surface area (Å²) in [6, 6.07) is 80.7. The fraction of sp³-hybridized carbons (Fsp3) is 0.229. The largest absolute Gasteiger partial charge is 0.389 e. The van der Waals surface area contributed by atoms with E-state index in [1.54, 1.807) is 87.9 Å². The third kappa shape index (κ3) is 36.8. The lowest BCUT2D eigenvalue weighted by molar-refractivity contribution is -0.0411. The van der Waals surface area contributed by atoms with Crippen molar-refractivity contribution in [1.29, 1.82) is 0 Å². The number of halogens is 2. The maximum Gasteiger partial charge on any atom is 0.232 e. The van der Waals surface area contributed by atoms with Gasteiger partial charge < -0.3 is 78.4 Å². The summed E-state index contributed by atoms with van der Waals surface area (Å²) in [4.78, 5) is 105. The van der Waals surface area contributed by atoms with Gasteiger partial charge in [-0.05, 0) is 125 Å². The van der Waals surface area contributed by atoms with Crippen LogP contribution in [0, 0.1) is 5.41 Å². The van der Waals surface area contributed by atoms with Crippen LogP contribution in [0.4, 0.5) is 106 Å². The van der Waals surface area contributed by atoms with Crippen molar-refractivity contribution in [3.8, 4) is 68.3 Å². The molecule has 1 unspecified atom stereocenters. The molecule has 1 saturated heterocycles. The van der Waals surface area contributed by atoms with Crippen LogP contribution in [0.15, 0.2) is 317 Å². The minimum atomic E-state index is -0.877. The van der Waals surface area contributed by atoms with Crippen molar-refractivity contribution in [3.05, 3.63) is 327 Å². The molecule has 39 nitrogen and oxygen atoms in total. The fourth-order valence-corrected chi connectivity index (χ4v) is 13.6. The zero-order chi connectivity index (χ0) is 105. The van der Waals surface area contributed by atoms with Crippen molar-refractivity contribution in [2.45, 2.75) is 99.2 Å². The maximum absolute atomic E-state index is 9.91. The van der Waals surface area contributed by atoms with E-state index >= 15 is 0 Å². The van der Waals surface area contributed by atoms with Crippen molar-refractivity contribution < 1.29 is 14.6 Å². The number of benzene rings is 6. The molecule has 0 aliphatic carbocycles. The monoisotopic (exact) mass is 2050 g/mol. The van der Waals surface area contributed by atoms with E-state index in [0.29, 0.717) is 149 Å². The summed E-state index contributed by atoms with van der Waals surface area (Å²) in [5, 5.41) is 49.1. The second-order valence-corrected chi connectivity index (χ2v) is 35.3. The molecule has 1 atom stereocenters. The highest BCUT2D eigenvalue weighted by atomic mass is 35.5. The Morgan fingerprint density at radius 1 is 0.307 bits per heavy atom. The first kappa shape index (κ1) is 108. The predicted octanol–water partition coefficient (Wildman–Crippen LogP) is 22.1. The molecule has 1 aliphatic heterocycles. The van der Waals surface area contributed by atoms with Gasteiger partial charge in [-0.25, -0.2) is 9.97 Å². The number of hydrogen-bond acceptors (Lipinski definition) is 39. The Kier molecular flexibility index (Phi) is 41.3. The molecule has 0 bridgehead atoms. The molecule has 0 spiro atoms. The van der Waals surface area contributed by atoms with Crippen molar-refractivity contribution in [2.24, 2.45) is 5.41 Å². The Morgan fingerprint density at radius 3 is 0.840 bits per heavy atom. The number of rotatable bonds is 40. The highest BCUT2D eigenvalue weighted by Crippen LogP contribution is 2.31. The smallest absolute Gasteiger partial charge is 0.232 e. The first-order chi connectivity index (χ1) is 73.2. The van der Waals surface area contributed by atoms with E-state index in [1.807, 2.05) is 250 Å². The molecule has 1 fully saturated rings. The van der Waals surface area contributed by atoms with Crippen molar-refractivity contribution in [3.63, 3.8) is 0 Å². The SMILES string of the molecule is CC(C)(O)CNc1nc(Nc2ccncc2)nc(-c2ccccc2)n1.CCC(C)(C)CNc1nc(Nc2ccnc(Cl)c2)nc(-c2ccccc2)n1.CCCCNc1nc(Nc2ccnc(Cl)c2)nc(-c2ccccc2)n1.CCCNc1nc(Nc2ccncc2)nc(-c2ccccc2)n1.CCOCCNc1nc(Nc2ccncc2)nc(-c2ccccc2)n1.c1ccc(-c2nc(NCC3CCO3)nc(Nc3ccncc3)n2)cc1. The lowest BCUT2D eigenvalue weighted by Crippen LogP contribution is -2.33. The van der Waals surface area contributed by atoms with E-state index in [-0.39, 0.29) is 11.5 Å². The zero-order valence-corrected chi connectivity index (χ0v) is 85.8. The number of anilines is 18. The van der Waals surface area contributed by atoms with Gasteiger partial charge in [0.2, 0.25) is 71.4 Å². The summed E-state index contributed by atoms with van der Waals surface area (Å²) < 4.78 is 10.8. The molecular weight excluding hydrogens is 1930 g/mol. The van der Waals surface area contributed by atoms with Gasteiger partial charge >= 0.3 is 0 Å². The Bertz CT molecular complexity index is 7080. The number of aromatic nitrogens is 24. The molecule has 150 heavy (non-hydrogen) atoms. The molecule has 0 amide bonds. The highest BCUT2D eigenvalue weighted by Gasteiger charge is 2.23. The van der Waals surface area contributed by atoms with E-state index in [9.17, 15) is 5.11 Å². The first-order valence-corrected chi connectivity index (χ1v) is 49.7. The Balaban J connectivity index is 0.000000142. The average molecular weight is 2050 g/mol. The summed E-state index contributed by atoms with van der Waals surface area (Å²) in [7, 11) is 0. The quantitative estimate of drug-likeness (QED) is 0.0125. The Morgan fingerprint density at radius 2 is 0.573 bits per heavy atom. The molecule has 0 saturated carbocycles. The molecule has 41 heteroatoms. The van der Waals surface area contributed by atoms with Gasteiger partial charge in [-0.1, -0.05) is 246 Å². The van der Waals surface area contributed by atoms with Crippen LogP contribution in [0.25, 0.3) is 68.3 Å². The third-order valence-corrected chi connectivity index (χ3v) is 21.9. The fourth-order valence-electron chi connectivity index (χ4n) is 13.2. The zero-order valence-electron chi connectivity index (χ0n) is 84.3. The third-order valence-electron chi connectivity index (χ3n) is 21.4. The van der Waals surface area contributed by atoms with E-state index in [0.717, 1.165) is 126 Å². The van der Waals surface area contributed by atoms with Gasteiger partial charge in [0.15, 0.2) is 34.9 Å². The molecule has 6 aromatic carbocycles. The summed E-state index contributed by atoms with van der Waals surface area (Å²) in [6.45, 7) is 22.4. The second-order valence-electron chi connectivity index (χ2n) is 34.5. The summed E-state index contributed by atoms with van der Waals surface area (Å²) in [6.07, 6.45) is 22.4. The number of ether oxygens (including phenoxy) is 2. The predicted molar refractivity (Wildman–Crippen MR) is 594 cm³/mol. The summed E-state index contributed by atoms with van der Waals surface area (Å²) in [5.74, 6) is 9.46. The molecule has 19 rings (SSSR count). The van der Waals surface area contributed by atoms with Gasteiger partial charge in [0.25, 0.3) is 0 Å². The number of nitrogens with zero attached hydrogens (tertiary/aromatic N) is 24. The molecule has 18 aromatic rings. The molecule has 13 N–H and O–H groups in total. The summed E-state index contributed by atoms with van der Waals surface area (Å²) in [5.41, 5.74) is 9.79. The van der Waals surface area contributed by atoms with Gasteiger partial charge in [0, 0.05) is 182 Å². The standard InChI is InChI=1S/C20H23ClN6.C18H19ClN6.C18H18N6O.2C18H20N6O.C17H18N6/c1-4-20(2,3)13-23-18-25-17(14-8-6-5-7-9-14)26-19(27-18)24-15-10-11-22-16(21)12-15;1-2-3-10-21-17-23-16(13-7-5-4-6-8-13)24-18(25-17)22-14-9-11-20-15(19)12-14;1-2-4-13(5-3-1)16-22-17(20-12-15-8-11-25-15)24-18(23-16)21-14-6-9-19-10-7-14;1-18(2,25)12-20-16-22-15(13-6-4-3-5-7-13)23-17(24-16)21-14-8-10-19-11-9-14;1-2-25-13-12-20-17-22-16(14-6-4-3-5-7-14)23-18(24-17)21-15-8-10-19-11-9-15;1-2-10-19-16-21-15(13-6-4-3-5-7-13)22-17(23-16)20-14-8-11-18-12-9-14/h5-12H,4,13H2,1-3H3,(H2,22,23,24,25,26,27);4-9,11-12H,2-3,10H2,1H3,(H2,20,21,22,23,24,25);1-7,9-10,15H,8,11-12H2,(H2,19,20,21,22,23,24);3-11,25H,12H2,1-2H3,(H2,19,20,21,22,23,24);3-11H,2,12-13H2,1H3,(H2,19,20,21,22,23,24);3-9,11-12H,2,10H2,1H3,(H2,18,19,20,21,22,23). The highest BCUT2D eigenvalue weighted by molar-refractivity contribution is 6.30. The maximum atomic E-state index is 9.91. The summed E-state index contributed by atoms with van der Waals surface area (Å²) >= 11 is 11.9. The number of hydrogen-bond donors (Lipinski definition) is 13. The molecule has 766 valence electrons. The lowest BCUT2D eigenvalue weighted by atomic mass is 9.90. The van der Waals surface area contributed by atoms with Crippen LogP contribution in [0.2, 0.25) is 10.3 Å². The van der Waals surface area contributed by atoms with E-state index in [1.165, 1.54) is 0 Å². The first-order valence-electron chi connectivity index (χ1n) is 48.9. The van der Waals surface area contributed by atoms with Gasteiger partial charge in [-0.15, -0.1) is 0 Å². The number of unbranched alkanes of at least 4 members (excludes halogenated alkanes) is 1.